The first-order valence-electron chi connectivity index (χ1n) is 11.6. The molecule has 2 N–H and O–H groups in total. The number of nitrogens with one attached hydrogen (secondary N) is 1. The molecule has 0 aliphatic carbocycles. The smallest absolute Gasteiger partial charge is 0.366 e. The van der Waals surface area contributed by atoms with Gasteiger partial charge in [-0.25, -0.2) is 14.4 Å². The third-order valence-electron chi connectivity index (χ3n) is 6.11. The van der Waals surface area contributed by atoms with E-state index in [1.54, 1.807) is 60.7 Å². The van der Waals surface area contributed by atoms with Crippen LogP contribution in [0.25, 0.3) is 0 Å². The number of amides is 1. The fraction of sp³-hybridized carbons (Fsp3) is 0.385. The first kappa shape index (κ1) is 26.3. The molecular formula is C26H27NO10. The maximum atomic E-state index is 12.8. The lowest BCUT2D eigenvalue weighted by molar-refractivity contribution is -0.236. The van der Waals surface area contributed by atoms with Crippen LogP contribution in [0.3, 0.4) is 0 Å². The lowest BCUT2D eigenvalue weighted by Gasteiger charge is -2.39. The van der Waals surface area contributed by atoms with Crippen LogP contribution in [0.1, 0.15) is 34.1 Å². The molecule has 0 radical (unpaired) electrons. The lowest BCUT2D eigenvalue weighted by Crippen LogP contribution is -2.61. The van der Waals surface area contributed by atoms with E-state index < -0.39 is 66.7 Å². The van der Waals surface area contributed by atoms with Crippen molar-refractivity contribution in [2.75, 3.05) is 13.7 Å². The highest BCUT2D eigenvalue weighted by Crippen LogP contribution is 2.43. The molecule has 0 unspecified atom stereocenters. The lowest BCUT2D eigenvalue weighted by atomic mass is 9.91. The molecule has 2 aliphatic rings. The number of aliphatic hydroxyl groups excluding tert-OH is 1. The monoisotopic (exact) mass is 513 g/mol. The average Bonchev–Trinajstić information content (AvgIpc) is 3.25. The van der Waals surface area contributed by atoms with Crippen LogP contribution in [-0.2, 0) is 33.3 Å². The van der Waals surface area contributed by atoms with Gasteiger partial charge in [-0.15, -0.1) is 0 Å². The number of hydrogen-bond donors (Lipinski definition) is 2. The van der Waals surface area contributed by atoms with E-state index in [4.69, 9.17) is 23.7 Å². The number of esters is 3. The zero-order valence-corrected chi connectivity index (χ0v) is 20.2. The summed E-state index contributed by atoms with van der Waals surface area (Å²) in [5.74, 6) is -4.73. The number of carbonyl (C=O) groups excluding carboxylic acids is 4. The molecule has 2 saturated heterocycles. The molecule has 2 aliphatic heterocycles. The summed E-state index contributed by atoms with van der Waals surface area (Å²) >= 11 is 0. The number of methoxy groups -OCH3 is 1. The van der Waals surface area contributed by atoms with E-state index in [1.165, 1.54) is 6.92 Å². The van der Waals surface area contributed by atoms with E-state index in [0.717, 1.165) is 7.11 Å². The molecule has 4 rings (SSSR count). The van der Waals surface area contributed by atoms with Crippen molar-refractivity contribution in [3.8, 4) is 0 Å². The highest BCUT2D eigenvalue weighted by atomic mass is 16.8. The molecule has 2 aromatic rings. The predicted octanol–water partition coefficient (Wildman–Crippen LogP) is 0.992. The first-order valence-corrected chi connectivity index (χ1v) is 11.6. The van der Waals surface area contributed by atoms with E-state index in [2.05, 4.69) is 5.32 Å². The Balaban J connectivity index is 1.57. The second-order valence-corrected chi connectivity index (χ2v) is 8.68. The maximum absolute atomic E-state index is 12.8. The number of carbonyl (C=O) groups is 4. The van der Waals surface area contributed by atoms with Gasteiger partial charge in [0.15, 0.2) is 0 Å². The van der Waals surface area contributed by atoms with Gasteiger partial charge in [-0.2, -0.15) is 0 Å². The third kappa shape index (κ3) is 5.63. The molecule has 196 valence electrons. The summed E-state index contributed by atoms with van der Waals surface area (Å²) in [6, 6.07) is 15.4. The van der Waals surface area contributed by atoms with E-state index in [9.17, 15) is 24.3 Å². The van der Waals surface area contributed by atoms with Crippen LogP contribution in [0.2, 0.25) is 0 Å². The van der Waals surface area contributed by atoms with Crippen LogP contribution in [-0.4, -0.2) is 78.9 Å². The fourth-order valence-electron chi connectivity index (χ4n) is 4.43. The van der Waals surface area contributed by atoms with E-state index in [0.29, 0.717) is 0 Å². The molecule has 0 saturated carbocycles. The molecule has 2 heterocycles. The van der Waals surface area contributed by atoms with Crippen molar-refractivity contribution in [2.24, 2.45) is 0 Å². The minimum atomic E-state index is -2.01. The Morgan fingerprint density at radius 2 is 1.59 bits per heavy atom. The summed E-state index contributed by atoms with van der Waals surface area (Å²) < 4.78 is 27.5. The summed E-state index contributed by atoms with van der Waals surface area (Å²) in [6.45, 7) is 0.776. The zero-order chi connectivity index (χ0) is 26.6. The van der Waals surface area contributed by atoms with Crippen molar-refractivity contribution in [1.82, 2.24) is 5.32 Å². The van der Waals surface area contributed by atoms with Crippen molar-refractivity contribution in [2.45, 2.75) is 49.6 Å². The van der Waals surface area contributed by atoms with Gasteiger partial charge in [0.2, 0.25) is 5.91 Å². The fourth-order valence-corrected chi connectivity index (χ4v) is 4.43. The average molecular weight is 513 g/mol. The van der Waals surface area contributed by atoms with Crippen LogP contribution in [0.5, 0.6) is 0 Å². The summed E-state index contributed by atoms with van der Waals surface area (Å²) in [5, 5.41) is 13.6. The van der Waals surface area contributed by atoms with Gasteiger partial charge >= 0.3 is 17.9 Å². The largest absolute Gasteiger partial charge is 0.465 e. The minimum absolute atomic E-state index is 0.264. The number of fused-ring (bicyclic) bond motifs is 2. The second kappa shape index (κ2) is 11.1. The maximum Gasteiger partial charge on any atom is 0.366 e. The van der Waals surface area contributed by atoms with Gasteiger partial charge in [-0.3, -0.25) is 4.79 Å². The van der Waals surface area contributed by atoms with E-state index in [-0.39, 0.29) is 17.5 Å². The molecule has 0 aromatic heterocycles. The summed E-state index contributed by atoms with van der Waals surface area (Å²) in [7, 11) is 1.13. The Morgan fingerprint density at radius 3 is 2.16 bits per heavy atom. The molecule has 11 nitrogen and oxygen atoms in total. The molecule has 0 spiro atoms. The predicted molar refractivity (Wildman–Crippen MR) is 125 cm³/mol. The number of aliphatic hydroxyl groups is 1. The molecule has 37 heavy (non-hydrogen) atoms. The Hall–Kier alpha value is -3.80. The standard InChI is InChI=1S/C26H27NO10/c1-15(28)27-20-19(35-24(31)17-11-7-4-8-12-17)13-26(25(32)33-2)36-21(22(20)37-26)18(29)14-34-23(30)16-9-5-3-6-10-16/h3-12,18-22,29H,13-14H2,1-2H3,(H,27,28)/t18-,19+,20-,21-,22-,26-/m1/s1. The number of rotatable bonds is 8. The van der Waals surface area contributed by atoms with Gasteiger partial charge in [-0.05, 0) is 24.3 Å². The normalized spacial score (nSPS) is 27.0. The Morgan fingerprint density at radius 1 is 1.00 bits per heavy atom. The van der Waals surface area contributed by atoms with Gasteiger partial charge in [0, 0.05) is 6.92 Å². The van der Waals surface area contributed by atoms with Crippen LogP contribution in [0.15, 0.2) is 60.7 Å². The zero-order valence-electron chi connectivity index (χ0n) is 20.2. The Bertz CT molecular complexity index is 1140. The van der Waals surface area contributed by atoms with Crippen LogP contribution in [0.4, 0.5) is 0 Å². The topological polar surface area (TPSA) is 147 Å². The van der Waals surface area contributed by atoms with Gasteiger partial charge in [0.05, 0.1) is 30.7 Å². The highest BCUT2D eigenvalue weighted by molar-refractivity contribution is 5.90. The van der Waals surface area contributed by atoms with Crippen LogP contribution >= 0.6 is 0 Å². The molecule has 1 amide bonds. The minimum Gasteiger partial charge on any atom is -0.465 e. The van der Waals surface area contributed by atoms with Crippen molar-refractivity contribution < 1.29 is 48.0 Å². The number of benzene rings is 2. The van der Waals surface area contributed by atoms with Crippen molar-refractivity contribution in [3.05, 3.63) is 71.8 Å². The molecule has 2 aromatic carbocycles. The molecular weight excluding hydrogens is 486 g/mol. The van der Waals surface area contributed by atoms with Crippen molar-refractivity contribution in [3.63, 3.8) is 0 Å². The van der Waals surface area contributed by atoms with E-state index in [1.807, 2.05) is 0 Å². The summed E-state index contributed by atoms with van der Waals surface area (Å²) in [5.41, 5.74) is 0.549. The SMILES string of the molecule is COC(=O)[C@@]12C[C@H](OC(=O)c3ccccc3)[C@@H](NC(C)=O)[C@@H](O1)[C@@H]([C@H](O)COC(=O)c1ccccc1)O2. The number of hydrogen-bond acceptors (Lipinski definition) is 10. The molecule has 11 heteroatoms. The first-order chi connectivity index (χ1) is 17.7. The third-order valence-corrected chi connectivity index (χ3v) is 6.11. The Labute approximate surface area is 212 Å². The Kier molecular flexibility index (Phi) is 7.86. The van der Waals surface area contributed by atoms with Crippen LogP contribution < -0.4 is 5.32 Å². The van der Waals surface area contributed by atoms with Gasteiger partial charge < -0.3 is 34.1 Å². The summed E-state index contributed by atoms with van der Waals surface area (Å²) in [4.78, 5) is 49.9. The number of ether oxygens (including phenoxy) is 5. The molecule has 2 bridgehead atoms. The van der Waals surface area contributed by atoms with Crippen LogP contribution in [0, 0.1) is 0 Å². The van der Waals surface area contributed by atoms with Gasteiger partial charge in [-0.1, -0.05) is 36.4 Å². The van der Waals surface area contributed by atoms with E-state index >= 15 is 0 Å². The van der Waals surface area contributed by atoms with Crippen molar-refractivity contribution in [1.29, 1.82) is 0 Å². The van der Waals surface area contributed by atoms with Crippen molar-refractivity contribution >= 4 is 23.8 Å². The highest BCUT2D eigenvalue weighted by Gasteiger charge is 2.65. The molecule has 6 atom stereocenters. The second-order valence-electron chi connectivity index (χ2n) is 8.68. The quantitative estimate of drug-likeness (QED) is 0.387. The molecule has 2 fully saturated rings. The summed E-state index contributed by atoms with van der Waals surface area (Å²) in [6.07, 6.45) is -5.22. The van der Waals surface area contributed by atoms with Gasteiger partial charge in [0.1, 0.15) is 31.0 Å². The van der Waals surface area contributed by atoms with Gasteiger partial charge in [0.25, 0.3) is 5.79 Å².